The van der Waals surface area contributed by atoms with Crippen LogP contribution in [0.2, 0.25) is 0 Å². The van der Waals surface area contributed by atoms with E-state index in [0.29, 0.717) is 23.6 Å². The molecule has 0 fully saturated rings. The van der Waals surface area contributed by atoms with E-state index >= 15 is 0 Å². The maximum absolute atomic E-state index is 11.8. The van der Waals surface area contributed by atoms with Crippen LogP contribution in [0.15, 0.2) is 35.0 Å². The Morgan fingerprint density at radius 1 is 1.21 bits per heavy atom. The number of amides is 1. The molecule has 1 heterocycles. The van der Waals surface area contributed by atoms with Gasteiger partial charge in [0.1, 0.15) is 0 Å². The highest BCUT2D eigenvalue weighted by atomic mass is 32.1. The van der Waals surface area contributed by atoms with Gasteiger partial charge in [0, 0.05) is 17.5 Å². The van der Waals surface area contributed by atoms with Crippen molar-refractivity contribution in [2.75, 3.05) is 14.2 Å². The van der Waals surface area contributed by atoms with Crippen molar-refractivity contribution in [2.45, 2.75) is 6.54 Å². The van der Waals surface area contributed by atoms with Gasteiger partial charge in [0.05, 0.1) is 14.2 Å². The molecule has 0 spiro atoms. The summed E-state index contributed by atoms with van der Waals surface area (Å²) in [6, 6.07) is 7.38. The van der Waals surface area contributed by atoms with E-state index in [1.54, 1.807) is 20.3 Å². The Morgan fingerprint density at radius 2 is 2.00 bits per heavy atom. The minimum Gasteiger partial charge on any atom is -0.493 e. The molecule has 0 aliphatic heterocycles. The zero-order valence-corrected chi connectivity index (χ0v) is 11.6. The smallest absolute Gasteiger partial charge is 0.252 e. The van der Waals surface area contributed by atoms with E-state index in [1.807, 2.05) is 29.0 Å². The standard InChI is InChI=1S/C14H15NO3S/c1-17-12-4-3-10(7-13(12)18-2)8-15-14(16)11-5-6-19-9-11/h3-7,9H,8H2,1-2H3,(H,15,16). The van der Waals surface area contributed by atoms with Crippen LogP contribution in [0.4, 0.5) is 0 Å². The molecule has 100 valence electrons. The number of nitrogens with one attached hydrogen (secondary N) is 1. The van der Waals surface area contributed by atoms with Crippen molar-refractivity contribution < 1.29 is 14.3 Å². The van der Waals surface area contributed by atoms with Crippen LogP contribution in [0.3, 0.4) is 0 Å². The number of ether oxygens (including phenoxy) is 2. The molecule has 5 heteroatoms. The van der Waals surface area contributed by atoms with Gasteiger partial charge >= 0.3 is 0 Å². The molecule has 0 aliphatic rings. The fourth-order valence-corrected chi connectivity index (χ4v) is 2.30. The Hall–Kier alpha value is -2.01. The van der Waals surface area contributed by atoms with Crippen LogP contribution in [-0.4, -0.2) is 20.1 Å². The lowest BCUT2D eigenvalue weighted by molar-refractivity contribution is 0.0951. The van der Waals surface area contributed by atoms with E-state index < -0.39 is 0 Å². The molecule has 1 aromatic carbocycles. The van der Waals surface area contributed by atoms with Gasteiger partial charge in [0.15, 0.2) is 11.5 Å². The van der Waals surface area contributed by atoms with Crippen LogP contribution in [0.25, 0.3) is 0 Å². The molecule has 0 bridgehead atoms. The average molecular weight is 277 g/mol. The van der Waals surface area contributed by atoms with Crippen LogP contribution in [0.1, 0.15) is 15.9 Å². The number of benzene rings is 1. The minimum atomic E-state index is -0.0731. The fraction of sp³-hybridized carbons (Fsp3) is 0.214. The highest BCUT2D eigenvalue weighted by Gasteiger charge is 2.07. The summed E-state index contributed by atoms with van der Waals surface area (Å²) < 4.78 is 10.4. The quantitative estimate of drug-likeness (QED) is 0.914. The van der Waals surface area contributed by atoms with Crippen molar-refractivity contribution >= 4 is 17.2 Å². The summed E-state index contributed by atoms with van der Waals surface area (Å²) >= 11 is 1.50. The van der Waals surface area contributed by atoms with Crippen LogP contribution >= 0.6 is 11.3 Å². The second-order valence-electron chi connectivity index (χ2n) is 3.88. The van der Waals surface area contributed by atoms with Crippen LogP contribution < -0.4 is 14.8 Å². The Kier molecular flexibility index (Phi) is 4.41. The SMILES string of the molecule is COc1ccc(CNC(=O)c2ccsc2)cc1OC. The van der Waals surface area contributed by atoms with Crippen LogP contribution in [-0.2, 0) is 6.54 Å². The van der Waals surface area contributed by atoms with Gasteiger partial charge in [-0.2, -0.15) is 11.3 Å². The summed E-state index contributed by atoms with van der Waals surface area (Å²) in [6.45, 7) is 0.453. The van der Waals surface area contributed by atoms with Gasteiger partial charge in [0.25, 0.3) is 5.91 Å². The van der Waals surface area contributed by atoms with E-state index in [9.17, 15) is 4.79 Å². The Balaban J connectivity index is 2.02. The predicted molar refractivity (Wildman–Crippen MR) is 75.0 cm³/mol. The maximum Gasteiger partial charge on any atom is 0.252 e. The summed E-state index contributed by atoms with van der Waals surface area (Å²) in [5.74, 6) is 1.26. The number of thiophene rings is 1. The molecular formula is C14H15NO3S. The zero-order chi connectivity index (χ0) is 13.7. The predicted octanol–water partition coefficient (Wildman–Crippen LogP) is 2.70. The van der Waals surface area contributed by atoms with Crippen LogP contribution in [0, 0.1) is 0 Å². The number of carbonyl (C=O) groups is 1. The molecule has 0 radical (unpaired) electrons. The Bertz CT molecular complexity index is 552. The Morgan fingerprint density at radius 3 is 2.63 bits per heavy atom. The largest absolute Gasteiger partial charge is 0.493 e. The third kappa shape index (κ3) is 3.26. The third-order valence-electron chi connectivity index (χ3n) is 2.68. The molecule has 4 nitrogen and oxygen atoms in total. The Labute approximate surface area is 116 Å². The molecule has 2 aromatic rings. The normalized spacial score (nSPS) is 10.0. The summed E-state index contributed by atoms with van der Waals surface area (Å²) in [4.78, 5) is 11.8. The molecule has 1 N–H and O–H groups in total. The van der Waals surface area contributed by atoms with Gasteiger partial charge in [-0.1, -0.05) is 6.07 Å². The summed E-state index contributed by atoms with van der Waals surface area (Å²) in [6.07, 6.45) is 0. The molecule has 0 saturated carbocycles. The van der Waals surface area contributed by atoms with Gasteiger partial charge in [-0.05, 0) is 29.1 Å². The first-order valence-corrected chi connectivity index (χ1v) is 6.70. The molecule has 19 heavy (non-hydrogen) atoms. The van der Waals surface area contributed by atoms with Crippen molar-refractivity contribution in [3.8, 4) is 11.5 Å². The first-order chi connectivity index (χ1) is 9.24. The molecule has 0 aliphatic carbocycles. The molecule has 1 aromatic heterocycles. The van der Waals surface area contributed by atoms with Crippen molar-refractivity contribution in [2.24, 2.45) is 0 Å². The maximum atomic E-state index is 11.8. The average Bonchev–Trinajstić information content (AvgIpc) is 2.98. The zero-order valence-electron chi connectivity index (χ0n) is 10.8. The van der Waals surface area contributed by atoms with E-state index in [2.05, 4.69) is 5.32 Å². The van der Waals surface area contributed by atoms with Crippen molar-refractivity contribution in [3.63, 3.8) is 0 Å². The lowest BCUT2D eigenvalue weighted by Gasteiger charge is -2.10. The van der Waals surface area contributed by atoms with E-state index in [-0.39, 0.29) is 5.91 Å². The second-order valence-corrected chi connectivity index (χ2v) is 4.66. The van der Waals surface area contributed by atoms with Gasteiger partial charge in [-0.25, -0.2) is 0 Å². The summed E-state index contributed by atoms with van der Waals surface area (Å²) in [5, 5.41) is 6.57. The second kappa shape index (κ2) is 6.24. The van der Waals surface area contributed by atoms with Gasteiger partial charge < -0.3 is 14.8 Å². The number of hydrogen-bond acceptors (Lipinski definition) is 4. The van der Waals surface area contributed by atoms with E-state index in [0.717, 1.165) is 5.56 Å². The first kappa shape index (κ1) is 13.4. The minimum absolute atomic E-state index is 0.0731. The first-order valence-electron chi connectivity index (χ1n) is 5.76. The third-order valence-corrected chi connectivity index (χ3v) is 3.37. The number of rotatable bonds is 5. The molecule has 0 saturated heterocycles. The van der Waals surface area contributed by atoms with Crippen molar-refractivity contribution in [1.82, 2.24) is 5.32 Å². The molecular weight excluding hydrogens is 262 g/mol. The molecule has 0 unspecified atom stereocenters. The van der Waals surface area contributed by atoms with Gasteiger partial charge in [-0.3, -0.25) is 4.79 Å². The number of methoxy groups -OCH3 is 2. The highest BCUT2D eigenvalue weighted by Crippen LogP contribution is 2.27. The highest BCUT2D eigenvalue weighted by molar-refractivity contribution is 7.08. The monoisotopic (exact) mass is 277 g/mol. The molecule has 0 atom stereocenters. The fourth-order valence-electron chi connectivity index (χ4n) is 1.67. The van der Waals surface area contributed by atoms with E-state index in [1.165, 1.54) is 11.3 Å². The van der Waals surface area contributed by atoms with Crippen molar-refractivity contribution in [1.29, 1.82) is 0 Å². The van der Waals surface area contributed by atoms with Gasteiger partial charge in [0.2, 0.25) is 0 Å². The number of carbonyl (C=O) groups excluding carboxylic acids is 1. The topological polar surface area (TPSA) is 47.6 Å². The number of hydrogen-bond donors (Lipinski definition) is 1. The van der Waals surface area contributed by atoms with E-state index in [4.69, 9.17) is 9.47 Å². The van der Waals surface area contributed by atoms with Crippen molar-refractivity contribution in [3.05, 3.63) is 46.2 Å². The van der Waals surface area contributed by atoms with Crippen LogP contribution in [0.5, 0.6) is 11.5 Å². The molecule has 2 rings (SSSR count). The van der Waals surface area contributed by atoms with Gasteiger partial charge in [-0.15, -0.1) is 0 Å². The molecule has 1 amide bonds. The summed E-state index contributed by atoms with van der Waals surface area (Å²) in [5.41, 5.74) is 1.65. The lowest BCUT2D eigenvalue weighted by Crippen LogP contribution is -2.22. The summed E-state index contributed by atoms with van der Waals surface area (Å²) in [7, 11) is 3.18. The lowest BCUT2D eigenvalue weighted by atomic mass is 10.2.